The molecule has 0 atom stereocenters. The molecule has 2 N–H and O–H groups in total. The number of phenols is 1. The number of nitrogens with zero attached hydrogens (tertiary/aromatic N) is 4. The molecule has 28 heavy (non-hydrogen) atoms. The molecule has 8 heteroatoms. The van der Waals surface area contributed by atoms with E-state index in [0.29, 0.717) is 18.2 Å². The van der Waals surface area contributed by atoms with Gasteiger partial charge in [-0.1, -0.05) is 18.2 Å². The maximum atomic E-state index is 10.1. The van der Waals surface area contributed by atoms with Crippen molar-refractivity contribution in [1.29, 1.82) is 0 Å². The predicted octanol–water partition coefficient (Wildman–Crippen LogP) is 2.70. The molecule has 0 saturated carbocycles. The molecule has 0 amide bonds. The average molecular weight is 497 g/mol. The highest BCUT2D eigenvalue weighted by molar-refractivity contribution is 14.0. The molecule has 0 radical (unpaired) electrons. The Morgan fingerprint density at radius 2 is 1.93 bits per heavy atom. The Morgan fingerprint density at radius 1 is 1.18 bits per heavy atom. The highest BCUT2D eigenvalue weighted by atomic mass is 127. The van der Waals surface area contributed by atoms with Crippen LogP contribution in [0.5, 0.6) is 11.6 Å². The summed E-state index contributed by atoms with van der Waals surface area (Å²) in [7, 11) is 1.61. The third-order valence-electron chi connectivity index (χ3n) is 4.55. The molecule has 152 valence electrons. The van der Waals surface area contributed by atoms with Crippen molar-refractivity contribution in [2.75, 3.05) is 44.7 Å². The number of aromatic nitrogens is 1. The summed E-state index contributed by atoms with van der Waals surface area (Å²) in [4.78, 5) is 13.5. The second kappa shape index (κ2) is 10.9. The molecule has 2 aromatic rings. The minimum Gasteiger partial charge on any atom is -0.506 e. The summed E-state index contributed by atoms with van der Waals surface area (Å²) in [5, 5.41) is 13.4. The first-order chi connectivity index (χ1) is 13.2. The maximum absolute atomic E-state index is 10.1. The number of halogens is 1. The highest BCUT2D eigenvalue weighted by Gasteiger charge is 2.21. The fraction of sp³-hybridized carbons (Fsp3) is 0.400. The highest BCUT2D eigenvalue weighted by Crippen LogP contribution is 2.27. The van der Waals surface area contributed by atoms with Crippen molar-refractivity contribution in [1.82, 2.24) is 15.2 Å². The lowest BCUT2D eigenvalue weighted by Gasteiger charge is -2.37. The molecule has 1 saturated heterocycles. The van der Waals surface area contributed by atoms with Gasteiger partial charge in [-0.3, -0.25) is 0 Å². The maximum Gasteiger partial charge on any atom is 0.212 e. The topological polar surface area (TPSA) is 73.2 Å². The van der Waals surface area contributed by atoms with E-state index in [4.69, 9.17) is 9.73 Å². The first-order valence-corrected chi connectivity index (χ1v) is 9.26. The fourth-order valence-corrected chi connectivity index (χ4v) is 3.11. The van der Waals surface area contributed by atoms with Crippen LogP contribution < -0.4 is 15.0 Å². The van der Waals surface area contributed by atoms with Crippen LogP contribution in [-0.2, 0) is 6.54 Å². The number of pyridine rings is 1. The molecule has 1 fully saturated rings. The third-order valence-corrected chi connectivity index (χ3v) is 4.55. The Labute approximate surface area is 183 Å². The Hall–Kier alpha value is -2.23. The van der Waals surface area contributed by atoms with Crippen molar-refractivity contribution in [3.05, 3.63) is 48.2 Å². The van der Waals surface area contributed by atoms with Crippen LogP contribution in [0.1, 0.15) is 12.5 Å². The van der Waals surface area contributed by atoms with Gasteiger partial charge in [-0.05, 0) is 24.6 Å². The van der Waals surface area contributed by atoms with Crippen LogP contribution >= 0.6 is 24.0 Å². The summed E-state index contributed by atoms with van der Waals surface area (Å²) in [6.07, 6.45) is 1.79. The smallest absolute Gasteiger partial charge is 0.212 e. The first-order valence-electron chi connectivity index (χ1n) is 9.26. The third kappa shape index (κ3) is 5.63. The second-order valence-corrected chi connectivity index (χ2v) is 6.34. The lowest BCUT2D eigenvalue weighted by Crippen LogP contribution is -2.52. The van der Waals surface area contributed by atoms with Gasteiger partial charge in [0.15, 0.2) is 5.96 Å². The average Bonchev–Trinajstić information content (AvgIpc) is 2.72. The summed E-state index contributed by atoms with van der Waals surface area (Å²) in [5.74, 6) is 1.85. The molecular formula is C20H28IN5O2. The zero-order valence-corrected chi connectivity index (χ0v) is 18.7. The number of ether oxygens (including phenoxy) is 1. The van der Waals surface area contributed by atoms with Crippen LogP contribution in [0, 0.1) is 0 Å². The van der Waals surface area contributed by atoms with Gasteiger partial charge in [0.05, 0.1) is 19.3 Å². The number of hydrogen-bond donors (Lipinski definition) is 2. The lowest BCUT2D eigenvalue weighted by molar-refractivity contribution is 0.369. The summed E-state index contributed by atoms with van der Waals surface area (Å²) >= 11 is 0. The Balaban J connectivity index is 0.00000280. The van der Waals surface area contributed by atoms with Crippen molar-refractivity contribution in [2.45, 2.75) is 13.5 Å². The first kappa shape index (κ1) is 22.1. The zero-order valence-electron chi connectivity index (χ0n) is 16.3. The molecule has 1 aromatic heterocycles. The van der Waals surface area contributed by atoms with E-state index in [-0.39, 0.29) is 24.0 Å². The Kier molecular flexibility index (Phi) is 8.62. The number of benzene rings is 1. The Morgan fingerprint density at radius 3 is 2.54 bits per heavy atom. The molecule has 2 heterocycles. The van der Waals surface area contributed by atoms with Crippen molar-refractivity contribution in [2.24, 2.45) is 4.99 Å². The summed E-state index contributed by atoms with van der Waals surface area (Å²) in [6.45, 7) is 6.83. The molecule has 1 aliphatic heterocycles. The van der Waals surface area contributed by atoms with Crippen LogP contribution in [0.2, 0.25) is 0 Å². The minimum absolute atomic E-state index is 0. The zero-order chi connectivity index (χ0) is 19.1. The van der Waals surface area contributed by atoms with E-state index >= 15 is 0 Å². The van der Waals surface area contributed by atoms with Gasteiger partial charge in [0, 0.05) is 45.0 Å². The van der Waals surface area contributed by atoms with Crippen LogP contribution in [0.4, 0.5) is 5.69 Å². The van der Waals surface area contributed by atoms with E-state index in [1.165, 1.54) is 0 Å². The largest absolute Gasteiger partial charge is 0.506 e. The summed E-state index contributed by atoms with van der Waals surface area (Å²) in [5.41, 5.74) is 1.93. The van der Waals surface area contributed by atoms with E-state index in [1.54, 1.807) is 19.4 Å². The van der Waals surface area contributed by atoms with Crippen molar-refractivity contribution in [3.63, 3.8) is 0 Å². The number of methoxy groups -OCH3 is 1. The van der Waals surface area contributed by atoms with Gasteiger partial charge in [-0.2, -0.15) is 0 Å². The van der Waals surface area contributed by atoms with Gasteiger partial charge in [-0.25, -0.2) is 9.98 Å². The van der Waals surface area contributed by atoms with Crippen LogP contribution in [0.15, 0.2) is 47.6 Å². The van der Waals surface area contributed by atoms with Gasteiger partial charge in [0.1, 0.15) is 5.75 Å². The molecular weight excluding hydrogens is 469 g/mol. The van der Waals surface area contributed by atoms with E-state index < -0.39 is 0 Å². The molecule has 1 aromatic carbocycles. The van der Waals surface area contributed by atoms with Gasteiger partial charge in [-0.15, -0.1) is 24.0 Å². The summed E-state index contributed by atoms with van der Waals surface area (Å²) in [6, 6.07) is 11.3. The monoisotopic (exact) mass is 497 g/mol. The van der Waals surface area contributed by atoms with Crippen LogP contribution in [0.3, 0.4) is 0 Å². The van der Waals surface area contributed by atoms with Gasteiger partial charge >= 0.3 is 0 Å². The van der Waals surface area contributed by atoms with E-state index in [2.05, 4.69) is 27.0 Å². The standard InChI is InChI=1S/C20H27N5O2.HI/c1-3-21-20(23-15-16-8-9-19(27-2)22-14-16)25-12-10-24(11-13-25)17-6-4-5-7-18(17)26;/h4-9,14,26H,3,10-13,15H2,1-2H3,(H,21,23);1H. The van der Waals surface area contributed by atoms with Crippen molar-refractivity contribution < 1.29 is 9.84 Å². The number of anilines is 1. The number of guanidine groups is 1. The normalized spacial score (nSPS) is 14.4. The quantitative estimate of drug-likeness (QED) is 0.376. The van der Waals surface area contributed by atoms with E-state index in [1.807, 2.05) is 30.3 Å². The number of aliphatic imine (C=N–C) groups is 1. The predicted molar refractivity (Wildman–Crippen MR) is 123 cm³/mol. The van der Waals surface area contributed by atoms with Crippen LogP contribution in [-0.4, -0.2) is 60.8 Å². The number of nitrogens with one attached hydrogen (secondary N) is 1. The molecule has 0 aliphatic carbocycles. The van der Waals surface area contributed by atoms with Gasteiger partial charge in [0.2, 0.25) is 5.88 Å². The van der Waals surface area contributed by atoms with E-state index in [9.17, 15) is 5.11 Å². The van der Waals surface area contributed by atoms with Crippen molar-refractivity contribution >= 4 is 35.6 Å². The number of piperazine rings is 1. The molecule has 0 bridgehead atoms. The fourth-order valence-electron chi connectivity index (χ4n) is 3.11. The van der Waals surface area contributed by atoms with Crippen LogP contribution in [0.25, 0.3) is 0 Å². The lowest BCUT2D eigenvalue weighted by atomic mass is 10.2. The number of rotatable bonds is 5. The molecule has 1 aliphatic rings. The number of para-hydroxylation sites is 2. The van der Waals surface area contributed by atoms with Gasteiger partial charge < -0.3 is 25.0 Å². The number of phenolic OH excluding ortho intramolecular Hbond substituents is 1. The SMILES string of the molecule is CCNC(=NCc1ccc(OC)nc1)N1CCN(c2ccccc2O)CC1.I. The Bertz CT molecular complexity index is 761. The molecule has 0 spiro atoms. The van der Waals surface area contributed by atoms with E-state index in [0.717, 1.165) is 49.9 Å². The molecule has 0 unspecified atom stereocenters. The summed E-state index contributed by atoms with van der Waals surface area (Å²) < 4.78 is 5.09. The molecule has 3 rings (SSSR count). The minimum atomic E-state index is 0. The number of aromatic hydroxyl groups is 1. The van der Waals surface area contributed by atoms with Crippen molar-refractivity contribution in [3.8, 4) is 11.6 Å². The number of hydrogen-bond acceptors (Lipinski definition) is 5. The molecule has 7 nitrogen and oxygen atoms in total. The van der Waals surface area contributed by atoms with Gasteiger partial charge in [0.25, 0.3) is 0 Å². The second-order valence-electron chi connectivity index (χ2n) is 6.34.